The number of hydrogen-bond acceptors (Lipinski definition) is 8. The quantitative estimate of drug-likeness (QED) is 0.366. The molecule has 4 aliphatic rings. The minimum absolute atomic E-state index is 0. The molecule has 0 aromatic heterocycles. The van der Waals surface area contributed by atoms with E-state index >= 15 is 0 Å². The number of rotatable bonds is 3. The van der Waals surface area contributed by atoms with Crippen molar-refractivity contribution in [2.75, 3.05) is 0 Å². The molecule has 1 saturated heterocycles. The third-order valence-corrected chi connectivity index (χ3v) is 8.46. The normalized spacial score (nSPS) is 40.6. The van der Waals surface area contributed by atoms with Crippen LogP contribution in [0.3, 0.4) is 0 Å². The molecule has 34 heavy (non-hydrogen) atoms. The molecule has 2 saturated carbocycles. The van der Waals surface area contributed by atoms with Gasteiger partial charge in [-0.1, -0.05) is 13.0 Å². The molecular weight excluding hydrogens is 455 g/mol. The Bertz CT molecular complexity index is 939. The maximum absolute atomic E-state index is 12.5. The molecule has 0 amide bonds. The molecule has 0 radical (unpaired) electrons. The zero-order valence-electron chi connectivity index (χ0n) is 19.5. The maximum Gasteiger partial charge on any atom is 1.00 e. The molecular formula is C24H31NaO9. The van der Waals surface area contributed by atoms with E-state index in [0.717, 1.165) is 37.7 Å². The number of aliphatic carboxylic acids is 1. The van der Waals surface area contributed by atoms with E-state index in [1.807, 2.05) is 12.1 Å². The smallest absolute Gasteiger partial charge is 0.547 e. The van der Waals surface area contributed by atoms with Gasteiger partial charge in [0.05, 0.1) is 5.97 Å². The number of carboxylic acids is 1. The predicted molar refractivity (Wildman–Crippen MR) is 112 cm³/mol. The molecule has 0 bridgehead atoms. The van der Waals surface area contributed by atoms with Gasteiger partial charge in [0, 0.05) is 11.8 Å². The van der Waals surface area contributed by atoms with Crippen molar-refractivity contribution in [2.24, 2.45) is 17.3 Å². The number of ketones is 1. The number of ether oxygens (including phenoxy) is 2. The van der Waals surface area contributed by atoms with E-state index in [1.165, 1.54) is 5.56 Å². The summed E-state index contributed by atoms with van der Waals surface area (Å²) in [5.74, 6) is 0.477. The Kier molecular flexibility index (Phi) is 8.22. The molecule has 5 N–H and O–H groups in total. The Balaban J connectivity index is 0.00000162. The van der Waals surface area contributed by atoms with E-state index in [0.29, 0.717) is 35.7 Å². The number of fused-ring (bicyclic) bond motifs is 5. The van der Waals surface area contributed by atoms with Crippen LogP contribution in [0.5, 0.6) is 5.75 Å². The number of carbonyl (C=O) groups excluding carboxylic acids is 2. The van der Waals surface area contributed by atoms with Gasteiger partial charge in [-0.05, 0) is 73.1 Å². The van der Waals surface area contributed by atoms with E-state index in [1.54, 1.807) is 6.07 Å². The van der Waals surface area contributed by atoms with Crippen LogP contribution in [0.2, 0.25) is 0 Å². The molecule has 5 rings (SSSR count). The van der Waals surface area contributed by atoms with Gasteiger partial charge in [-0.2, -0.15) is 0 Å². The first-order valence-corrected chi connectivity index (χ1v) is 11.4. The van der Waals surface area contributed by atoms with Gasteiger partial charge in [0.15, 0.2) is 0 Å². The minimum atomic E-state index is -1.81. The van der Waals surface area contributed by atoms with Crippen LogP contribution in [0.25, 0.3) is 0 Å². The summed E-state index contributed by atoms with van der Waals surface area (Å²) in [6.07, 6.45) is -2.97. The van der Waals surface area contributed by atoms with E-state index in [2.05, 4.69) is 6.92 Å². The molecule has 3 fully saturated rings. The van der Waals surface area contributed by atoms with E-state index < -0.39 is 36.7 Å². The van der Waals surface area contributed by atoms with Gasteiger partial charge < -0.3 is 40.2 Å². The summed E-state index contributed by atoms with van der Waals surface area (Å²) in [5, 5.41) is 41.2. The molecule has 1 heterocycles. The molecule has 0 spiro atoms. The molecule has 3 aliphatic carbocycles. The zero-order chi connectivity index (χ0) is 22.8. The second kappa shape index (κ2) is 10.1. The Hall–Kier alpha value is -1.04. The fourth-order valence-corrected chi connectivity index (χ4v) is 6.68. The van der Waals surface area contributed by atoms with Crippen LogP contribution in [0.4, 0.5) is 0 Å². The summed E-state index contributed by atoms with van der Waals surface area (Å²) >= 11 is 0. The van der Waals surface area contributed by atoms with Crippen LogP contribution in [0.1, 0.15) is 56.1 Å². The standard InChI is InChI=1S/C24H30O8.Na.H2O/c1-24-9-8-14-13-5-3-12(10-11(13)2-4-15(14)16(24)6-7-17(24)25)31-23-20(28)18(26)19(27)21(32-23)22(29)30;;/h3,5,10,14-16,18-21,23,26-28H,2,4,6-9H2,1H3,(H,29,30);;1H2/q;+1;/p-1/t14-,15-,16+,18+,19+,20-,21+,23-,24+;;/m1../s1. The van der Waals surface area contributed by atoms with Crippen molar-refractivity contribution in [3.05, 3.63) is 29.3 Å². The zero-order valence-corrected chi connectivity index (χ0v) is 21.5. The van der Waals surface area contributed by atoms with Crippen molar-refractivity contribution in [1.82, 2.24) is 0 Å². The molecule has 0 unspecified atom stereocenters. The fourth-order valence-electron chi connectivity index (χ4n) is 6.68. The summed E-state index contributed by atoms with van der Waals surface area (Å²) in [5.41, 5.74) is 2.24. The Labute approximate surface area is 220 Å². The SMILES string of the molecule is C[C@]12CC[C@@H]3c4ccc(O[C@@H]5O[C@H](C(=O)[O-])[C@@H](O)[C@H](O)[C@H]5O)cc4CC[C@H]3[C@@H]1CCC2=O.O.[Na+]. The van der Waals surface area contributed by atoms with Gasteiger partial charge in [0.1, 0.15) is 35.9 Å². The second-order valence-electron chi connectivity index (χ2n) is 10.0. The van der Waals surface area contributed by atoms with Gasteiger partial charge in [-0.25, -0.2) is 0 Å². The first kappa shape index (κ1) is 27.5. The Morgan fingerprint density at radius 2 is 1.85 bits per heavy atom. The molecule has 1 aromatic rings. The van der Waals surface area contributed by atoms with E-state index in [4.69, 9.17) is 9.47 Å². The van der Waals surface area contributed by atoms with Crippen molar-refractivity contribution >= 4 is 11.8 Å². The number of Topliss-reactive ketones (excluding diaryl/α,β-unsaturated/α-hetero) is 1. The number of aryl methyl sites for hydroxylation is 1. The summed E-state index contributed by atoms with van der Waals surface area (Å²) in [6, 6.07) is 5.65. The average Bonchev–Trinajstić information content (AvgIpc) is 3.08. The van der Waals surface area contributed by atoms with Crippen LogP contribution in [-0.2, 0) is 20.7 Å². The average molecular weight is 486 g/mol. The largest absolute Gasteiger partial charge is 1.00 e. The van der Waals surface area contributed by atoms with Crippen molar-refractivity contribution in [3.63, 3.8) is 0 Å². The molecule has 9 nitrogen and oxygen atoms in total. The second-order valence-corrected chi connectivity index (χ2v) is 10.0. The third-order valence-electron chi connectivity index (χ3n) is 8.46. The summed E-state index contributed by atoms with van der Waals surface area (Å²) in [6.45, 7) is 2.15. The Morgan fingerprint density at radius 1 is 1.12 bits per heavy atom. The monoisotopic (exact) mass is 486 g/mol. The van der Waals surface area contributed by atoms with Crippen LogP contribution in [0, 0.1) is 17.3 Å². The van der Waals surface area contributed by atoms with Crippen LogP contribution >= 0.6 is 0 Å². The Morgan fingerprint density at radius 3 is 2.56 bits per heavy atom. The number of carboxylic acid groups (broad SMARTS) is 1. The third kappa shape index (κ3) is 4.35. The first-order chi connectivity index (χ1) is 15.2. The van der Waals surface area contributed by atoms with Gasteiger partial charge in [0.25, 0.3) is 0 Å². The van der Waals surface area contributed by atoms with E-state index in [9.17, 15) is 30.0 Å². The maximum atomic E-state index is 12.5. The van der Waals surface area contributed by atoms with Gasteiger partial charge >= 0.3 is 29.6 Å². The molecule has 9 atom stereocenters. The van der Waals surface area contributed by atoms with Crippen molar-refractivity contribution in [3.8, 4) is 5.75 Å². The fraction of sp³-hybridized carbons (Fsp3) is 0.667. The van der Waals surface area contributed by atoms with Crippen LogP contribution < -0.4 is 39.4 Å². The summed E-state index contributed by atoms with van der Waals surface area (Å²) in [4.78, 5) is 23.7. The first-order valence-electron chi connectivity index (χ1n) is 11.4. The summed E-state index contributed by atoms with van der Waals surface area (Å²) < 4.78 is 10.9. The van der Waals surface area contributed by atoms with Crippen LogP contribution in [0.15, 0.2) is 18.2 Å². The van der Waals surface area contributed by atoms with Crippen molar-refractivity contribution in [1.29, 1.82) is 0 Å². The van der Waals surface area contributed by atoms with E-state index in [-0.39, 0.29) is 40.4 Å². The van der Waals surface area contributed by atoms with Crippen LogP contribution in [-0.4, -0.2) is 63.3 Å². The molecule has 1 aliphatic heterocycles. The van der Waals surface area contributed by atoms with Gasteiger partial charge in [-0.3, -0.25) is 4.79 Å². The summed E-state index contributed by atoms with van der Waals surface area (Å²) in [7, 11) is 0. The number of aliphatic hydroxyl groups excluding tert-OH is 3. The number of carbonyl (C=O) groups is 2. The van der Waals surface area contributed by atoms with Gasteiger partial charge in [0.2, 0.25) is 6.29 Å². The number of hydrogen-bond donors (Lipinski definition) is 3. The molecule has 182 valence electrons. The van der Waals surface area contributed by atoms with Gasteiger partial charge in [-0.15, -0.1) is 0 Å². The van der Waals surface area contributed by atoms with Crippen molar-refractivity contribution < 1.29 is 74.5 Å². The van der Waals surface area contributed by atoms with Crippen molar-refractivity contribution in [2.45, 2.75) is 82.1 Å². The number of aliphatic hydroxyl groups is 3. The molecule has 1 aromatic carbocycles. The number of benzene rings is 1. The topological polar surface area (TPSA) is 168 Å². The molecule has 10 heteroatoms. The minimum Gasteiger partial charge on any atom is -0.547 e. The predicted octanol–water partition coefficient (Wildman–Crippen LogP) is -3.77.